The van der Waals surface area contributed by atoms with Crippen LogP contribution in [0.3, 0.4) is 0 Å². The van der Waals surface area contributed by atoms with Crippen molar-refractivity contribution >= 4 is 23.4 Å². The van der Waals surface area contributed by atoms with Gasteiger partial charge in [0.1, 0.15) is 5.82 Å². The summed E-state index contributed by atoms with van der Waals surface area (Å²) in [5.74, 6) is 2.63. The van der Waals surface area contributed by atoms with Crippen molar-refractivity contribution in [2.75, 3.05) is 0 Å². The zero-order valence-corrected chi connectivity index (χ0v) is 16.1. The van der Waals surface area contributed by atoms with Crippen LogP contribution in [0, 0.1) is 6.92 Å². The number of halogens is 1. The van der Waals surface area contributed by atoms with Gasteiger partial charge in [-0.25, -0.2) is 0 Å². The van der Waals surface area contributed by atoms with Gasteiger partial charge in [0, 0.05) is 16.6 Å². The van der Waals surface area contributed by atoms with Crippen LogP contribution >= 0.6 is 23.4 Å². The molecule has 1 aliphatic rings. The minimum absolute atomic E-state index is 0.502. The van der Waals surface area contributed by atoms with E-state index in [9.17, 15) is 0 Å². The highest BCUT2D eigenvalue weighted by Gasteiger charge is 2.21. The summed E-state index contributed by atoms with van der Waals surface area (Å²) in [4.78, 5) is 0. The van der Waals surface area contributed by atoms with E-state index in [0.29, 0.717) is 28.6 Å². The third-order valence-electron chi connectivity index (χ3n) is 4.66. The molecule has 6 nitrogen and oxygen atoms in total. The van der Waals surface area contributed by atoms with Crippen molar-refractivity contribution in [3.05, 3.63) is 41.0 Å². The van der Waals surface area contributed by atoms with Crippen LogP contribution in [0.25, 0.3) is 11.5 Å². The maximum Gasteiger partial charge on any atom is 0.247 e. The molecule has 8 heteroatoms. The Kier molecular flexibility index (Phi) is 5.26. The molecule has 0 aliphatic heterocycles. The predicted octanol–water partition coefficient (Wildman–Crippen LogP) is 5.09. The van der Waals surface area contributed by atoms with Gasteiger partial charge in [0.25, 0.3) is 0 Å². The van der Waals surface area contributed by atoms with Crippen LogP contribution in [0.2, 0.25) is 5.02 Å². The lowest BCUT2D eigenvalue weighted by atomic mass is 9.95. The fourth-order valence-electron chi connectivity index (χ4n) is 3.36. The zero-order chi connectivity index (χ0) is 17.9. The summed E-state index contributed by atoms with van der Waals surface area (Å²) in [5, 5.41) is 18.5. The summed E-state index contributed by atoms with van der Waals surface area (Å²) in [6.07, 6.45) is 6.29. The van der Waals surface area contributed by atoms with Gasteiger partial charge in [-0.05, 0) is 44.0 Å². The summed E-state index contributed by atoms with van der Waals surface area (Å²) < 4.78 is 8.06. The third-order valence-corrected chi connectivity index (χ3v) is 5.84. The largest absolute Gasteiger partial charge is 0.420 e. The first-order chi connectivity index (χ1) is 12.7. The fraction of sp³-hybridized carbons (Fsp3) is 0.444. The average molecular weight is 390 g/mol. The summed E-state index contributed by atoms with van der Waals surface area (Å²) in [6.45, 7) is 2.02. The smallest absolute Gasteiger partial charge is 0.247 e. The highest BCUT2D eigenvalue weighted by molar-refractivity contribution is 7.98. The molecule has 0 unspecified atom stereocenters. The van der Waals surface area contributed by atoms with E-state index in [2.05, 4.69) is 25.0 Å². The molecule has 3 aromatic rings. The Morgan fingerprint density at radius 1 is 1.08 bits per heavy atom. The molecule has 0 radical (unpaired) electrons. The molecular weight excluding hydrogens is 370 g/mol. The van der Waals surface area contributed by atoms with E-state index in [0.717, 1.165) is 16.5 Å². The molecule has 0 spiro atoms. The molecule has 26 heavy (non-hydrogen) atoms. The quantitative estimate of drug-likeness (QED) is 0.566. The number of nitrogens with zero attached hydrogens (tertiary/aromatic N) is 5. The zero-order valence-electron chi connectivity index (χ0n) is 14.6. The van der Waals surface area contributed by atoms with Gasteiger partial charge in [0.15, 0.2) is 5.16 Å². The Bertz CT molecular complexity index is 870. The number of rotatable bonds is 5. The first-order valence-corrected chi connectivity index (χ1v) is 10.2. The van der Waals surface area contributed by atoms with E-state index >= 15 is 0 Å². The minimum Gasteiger partial charge on any atom is -0.420 e. The van der Waals surface area contributed by atoms with Gasteiger partial charge < -0.3 is 8.98 Å². The van der Waals surface area contributed by atoms with E-state index in [4.69, 9.17) is 16.0 Å². The molecule has 2 aromatic heterocycles. The van der Waals surface area contributed by atoms with Gasteiger partial charge in [-0.2, -0.15) is 0 Å². The first kappa shape index (κ1) is 17.5. The van der Waals surface area contributed by atoms with Crippen LogP contribution in [-0.2, 0) is 5.75 Å². The van der Waals surface area contributed by atoms with Crippen molar-refractivity contribution in [2.45, 2.75) is 56.0 Å². The number of thioether (sulfide) groups is 1. The Labute approximate surface area is 161 Å². The van der Waals surface area contributed by atoms with Gasteiger partial charge >= 0.3 is 0 Å². The molecule has 0 amide bonds. The van der Waals surface area contributed by atoms with Gasteiger partial charge in [-0.1, -0.05) is 42.6 Å². The highest BCUT2D eigenvalue weighted by Crippen LogP contribution is 2.33. The molecular formula is C18H20ClN5OS. The molecule has 0 bridgehead atoms. The topological polar surface area (TPSA) is 69.6 Å². The second-order valence-corrected chi connectivity index (χ2v) is 7.87. The van der Waals surface area contributed by atoms with E-state index < -0.39 is 0 Å². The normalized spacial score (nSPS) is 15.5. The van der Waals surface area contributed by atoms with Gasteiger partial charge in [-0.3, -0.25) is 0 Å². The molecule has 2 heterocycles. The number of benzene rings is 1. The number of hydrogen-bond donors (Lipinski definition) is 0. The lowest BCUT2D eigenvalue weighted by Gasteiger charge is -2.24. The Hall–Kier alpha value is -1.86. The van der Waals surface area contributed by atoms with Crippen molar-refractivity contribution < 1.29 is 4.42 Å². The SMILES string of the molecule is Cc1nnc(SCc2nnc(-c3ccc(Cl)cc3)o2)n1C1CCCCC1. The second kappa shape index (κ2) is 7.80. The van der Waals surface area contributed by atoms with Gasteiger partial charge in [0.2, 0.25) is 11.8 Å². The van der Waals surface area contributed by atoms with Crippen LogP contribution in [0.1, 0.15) is 49.9 Å². The molecule has 136 valence electrons. The summed E-state index contributed by atoms with van der Waals surface area (Å²) >= 11 is 7.52. The Morgan fingerprint density at radius 3 is 2.62 bits per heavy atom. The van der Waals surface area contributed by atoms with Crippen molar-refractivity contribution in [3.63, 3.8) is 0 Å². The van der Waals surface area contributed by atoms with Crippen LogP contribution < -0.4 is 0 Å². The van der Waals surface area contributed by atoms with Crippen molar-refractivity contribution in [1.29, 1.82) is 0 Å². The predicted molar refractivity (Wildman–Crippen MR) is 101 cm³/mol. The minimum atomic E-state index is 0.502. The highest BCUT2D eigenvalue weighted by atomic mass is 35.5. The van der Waals surface area contributed by atoms with Crippen molar-refractivity contribution in [2.24, 2.45) is 0 Å². The van der Waals surface area contributed by atoms with E-state index in [1.54, 1.807) is 11.8 Å². The van der Waals surface area contributed by atoms with Gasteiger partial charge in [0.05, 0.1) is 5.75 Å². The fourth-order valence-corrected chi connectivity index (χ4v) is 4.37. The first-order valence-electron chi connectivity index (χ1n) is 8.83. The van der Waals surface area contributed by atoms with Crippen LogP contribution in [0.5, 0.6) is 0 Å². The Morgan fingerprint density at radius 2 is 1.85 bits per heavy atom. The van der Waals surface area contributed by atoms with E-state index in [-0.39, 0.29) is 0 Å². The number of aryl methyl sites for hydroxylation is 1. The summed E-state index contributed by atoms with van der Waals surface area (Å²) in [5.41, 5.74) is 0.861. The monoisotopic (exact) mass is 389 g/mol. The van der Waals surface area contributed by atoms with E-state index in [1.165, 1.54) is 32.1 Å². The molecule has 0 saturated heterocycles. The molecule has 4 rings (SSSR count). The molecule has 0 atom stereocenters. The summed E-state index contributed by atoms with van der Waals surface area (Å²) in [7, 11) is 0. The van der Waals surface area contributed by atoms with Crippen LogP contribution in [-0.4, -0.2) is 25.0 Å². The molecule has 0 N–H and O–H groups in total. The third kappa shape index (κ3) is 3.78. The molecule has 1 saturated carbocycles. The van der Waals surface area contributed by atoms with Gasteiger partial charge in [-0.15, -0.1) is 20.4 Å². The number of aromatic nitrogens is 5. The van der Waals surface area contributed by atoms with Crippen molar-refractivity contribution in [3.8, 4) is 11.5 Å². The number of hydrogen-bond acceptors (Lipinski definition) is 6. The van der Waals surface area contributed by atoms with E-state index in [1.807, 2.05) is 31.2 Å². The summed E-state index contributed by atoms with van der Waals surface area (Å²) in [6, 6.07) is 7.87. The Balaban J connectivity index is 1.46. The van der Waals surface area contributed by atoms with Crippen molar-refractivity contribution in [1.82, 2.24) is 25.0 Å². The van der Waals surface area contributed by atoms with Crippen LogP contribution in [0.15, 0.2) is 33.8 Å². The maximum atomic E-state index is 5.92. The average Bonchev–Trinajstić information content (AvgIpc) is 3.28. The molecule has 1 aliphatic carbocycles. The molecule has 1 aromatic carbocycles. The molecule has 1 fully saturated rings. The lowest BCUT2D eigenvalue weighted by Crippen LogP contribution is -2.15. The standard InChI is InChI=1S/C18H20ClN5OS/c1-12-20-23-18(24(12)15-5-3-2-4-6-15)26-11-16-21-22-17(25-16)13-7-9-14(19)10-8-13/h7-10,15H,2-6,11H2,1H3. The lowest BCUT2D eigenvalue weighted by molar-refractivity contribution is 0.332. The van der Waals surface area contributed by atoms with Crippen LogP contribution in [0.4, 0.5) is 0 Å². The maximum absolute atomic E-state index is 5.92. The second-order valence-electron chi connectivity index (χ2n) is 6.49.